The van der Waals surface area contributed by atoms with Crippen molar-refractivity contribution in [3.63, 3.8) is 0 Å². The number of aromatic nitrogens is 1. The van der Waals surface area contributed by atoms with Crippen LogP contribution in [-0.4, -0.2) is 37.2 Å². The molecular formula is C16H25N3O2. The van der Waals surface area contributed by atoms with Gasteiger partial charge in [-0.25, -0.2) is 9.78 Å². The summed E-state index contributed by atoms with van der Waals surface area (Å²) < 4.78 is 4.76. The number of carbonyl (C=O) groups excluding carboxylic acids is 1. The van der Waals surface area contributed by atoms with Gasteiger partial charge in [0.1, 0.15) is 11.4 Å². The molecule has 0 aliphatic heterocycles. The molecule has 21 heavy (non-hydrogen) atoms. The Morgan fingerprint density at radius 1 is 1.29 bits per heavy atom. The third kappa shape index (κ3) is 5.01. The molecule has 0 saturated heterocycles. The van der Waals surface area contributed by atoms with E-state index in [-0.39, 0.29) is 5.97 Å². The molecule has 0 bridgehead atoms. The van der Waals surface area contributed by atoms with Crippen molar-refractivity contribution in [3.05, 3.63) is 23.9 Å². The van der Waals surface area contributed by atoms with Gasteiger partial charge in [-0.15, -0.1) is 0 Å². The highest BCUT2D eigenvalue weighted by molar-refractivity contribution is 5.94. The van der Waals surface area contributed by atoms with E-state index in [1.54, 1.807) is 18.3 Å². The molecule has 5 nitrogen and oxygen atoms in total. The summed E-state index contributed by atoms with van der Waals surface area (Å²) >= 11 is 0. The van der Waals surface area contributed by atoms with Crippen molar-refractivity contribution in [2.24, 2.45) is 0 Å². The van der Waals surface area contributed by atoms with Crippen LogP contribution in [0.1, 0.15) is 48.9 Å². The third-order valence-electron chi connectivity index (χ3n) is 3.92. The first-order valence-corrected chi connectivity index (χ1v) is 7.82. The molecule has 2 N–H and O–H groups in total. The molecule has 1 saturated carbocycles. The van der Waals surface area contributed by atoms with Gasteiger partial charge >= 0.3 is 5.97 Å². The van der Waals surface area contributed by atoms with Crippen LogP contribution in [0.4, 0.5) is 5.82 Å². The first-order valence-electron chi connectivity index (χ1n) is 7.82. The van der Waals surface area contributed by atoms with E-state index in [0.29, 0.717) is 17.4 Å². The first-order chi connectivity index (χ1) is 10.3. The number of rotatable bonds is 6. The van der Waals surface area contributed by atoms with Gasteiger partial charge in [-0.05, 0) is 25.0 Å². The Morgan fingerprint density at radius 3 is 2.76 bits per heavy atom. The highest BCUT2D eigenvalue weighted by Gasteiger charge is 2.13. The topological polar surface area (TPSA) is 63.2 Å². The van der Waals surface area contributed by atoms with Crippen LogP contribution in [0.15, 0.2) is 18.3 Å². The van der Waals surface area contributed by atoms with Crippen LogP contribution in [0.5, 0.6) is 0 Å². The zero-order valence-electron chi connectivity index (χ0n) is 12.7. The van der Waals surface area contributed by atoms with E-state index in [4.69, 9.17) is 4.74 Å². The zero-order chi connectivity index (χ0) is 14.9. The first kappa shape index (κ1) is 15.8. The minimum atomic E-state index is -0.359. The van der Waals surface area contributed by atoms with E-state index in [1.165, 1.54) is 45.6 Å². The lowest BCUT2D eigenvalue weighted by molar-refractivity contribution is 0.0601. The summed E-state index contributed by atoms with van der Waals surface area (Å²) in [5.74, 6) is 0.231. The van der Waals surface area contributed by atoms with Gasteiger partial charge in [0.2, 0.25) is 0 Å². The Balaban J connectivity index is 1.76. The van der Waals surface area contributed by atoms with Crippen LogP contribution in [0.2, 0.25) is 0 Å². The fraction of sp³-hybridized carbons (Fsp3) is 0.625. The second-order valence-corrected chi connectivity index (χ2v) is 5.46. The number of methoxy groups -OCH3 is 1. The molecule has 0 radical (unpaired) electrons. The van der Waals surface area contributed by atoms with Gasteiger partial charge in [0.25, 0.3) is 0 Å². The number of nitrogens with one attached hydrogen (secondary N) is 2. The van der Waals surface area contributed by atoms with Gasteiger partial charge in [0, 0.05) is 25.3 Å². The van der Waals surface area contributed by atoms with Crippen LogP contribution in [-0.2, 0) is 4.74 Å². The predicted octanol–water partition coefficient (Wildman–Crippen LogP) is 2.59. The van der Waals surface area contributed by atoms with Gasteiger partial charge in [-0.3, -0.25) is 0 Å². The number of ether oxygens (including phenoxy) is 1. The smallest absolute Gasteiger partial charge is 0.341 e. The quantitative estimate of drug-likeness (QED) is 0.479. The largest absolute Gasteiger partial charge is 0.465 e. The van der Waals surface area contributed by atoms with Crippen molar-refractivity contribution in [1.82, 2.24) is 10.3 Å². The van der Waals surface area contributed by atoms with E-state index < -0.39 is 0 Å². The lowest BCUT2D eigenvalue weighted by Gasteiger charge is -2.16. The molecule has 116 valence electrons. The fourth-order valence-electron chi connectivity index (χ4n) is 2.76. The van der Waals surface area contributed by atoms with Crippen LogP contribution >= 0.6 is 0 Å². The van der Waals surface area contributed by atoms with E-state index in [1.807, 2.05) is 0 Å². The van der Waals surface area contributed by atoms with Gasteiger partial charge < -0.3 is 15.4 Å². The summed E-state index contributed by atoms with van der Waals surface area (Å²) in [4.78, 5) is 15.8. The lowest BCUT2D eigenvalue weighted by atomic mass is 10.1. The molecule has 1 fully saturated rings. The van der Waals surface area contributed by atoms with Crippen LogP contribution in [0.25, 0.3) is 0 Å². The molecule has 0 spiro atoms. The number of carbonyl (C=O) groups is 1. The fourth-order valence-corrected chi connectivity index (χ4v) is 2.76. The van der Waals surface area contributed by atoms with Crippen LogP contribution in [0, 0.1) is 0 Å². The molecule has 1 aliphatic carbocycles. The van der Waals surface area contributed by atoms with Gasteiger partial charge in [-0.1, -0.05) is 25.7 Å². The van der Waals surface area contributed by atoms with Gasteiger partial charge in [0.05, 0.1) is 7.11 Å². The highest BCUT2D eigenvalue weighted by Crippen LogP contribution is 2.17. The number of hydrogen-bond acceptors (Lipinski definition) is 5. The van der Waals surface area contributed by atoms with Crippen LogP contribution in [0.3, 0.4) is 0 Å². The average molecular weight is 291 g/mol. The lowest BCUT2D eigenvalue weighted by Crippen LogP contribution is -2.32. The molecular weight excluding hydrogens is 266 g/mol. The van der Waals surface area contributed by atoms with Gasteiger partial charge in [-0.2, -0.15) is 0 Å². The Kier molecular flexibility index (Phi) is 6.47. The number of nitrogens with zero attached hydrogens (tertiary/aromatic N) is 1. The monoisotopic (exact) mass is 291 g/mol. The SMILES string of the molecule is COC(=O)c1cccnc1NCCNC1CCCCCC1. The van der Waals surface area contributed by atoms with E-state index in [2.05, 4.69) is 15.6 Å². The Morgan fingerprint density at radius 2 is 2.05 bits per heavy atom. The van der Waals surface area contributed by atoms with E-state index >= 15 is 0 Å². The molecule has 0 atom stereocenters. The maximum atomic E-state index is 11.6. The van der Waals surface area contributed by atoms with Crippen molar-refractivity contribution in [3.8, 4) is 0 Å². The molecule has 0 amide bonds. The molecule has 1 heterocycles. The van der Waals surface area contributed by atoms with Crippen molar-refractivity contribution in [1.29, 1.82) is 0 Å². The Labute approximate surface area is 126 Å². The zero-order valence-corrected chi connectivity index (χ0v) is 12.7. The molecule has 0 aromatic carbocycles. The molecule has 1 aliphatic rings. The third-order valence-corrected chi connectivity index (χ3v) is 3.92. The van der Waals surface area contributed by atoms with E-state index in [0.717, 1.165) is 13.1 Å². The standard InChI is InChI=1S/C16H25N3O2/c1-21-16(20)14-9-6-10-18-15(14)19-12-11-17-13-7-4-2-3-5-8-13/h6,9-10,13,17H,2-5,7-8,11-12H2,1H3,(H,18,19). The number of esters is 1. The maximum Gasteiger partial charge on any atom is 0.341 e. The summed E-state index contributed by atoms with van der Waals surface area (Å²) in [5.41, 5.74) is 0.481. The second kappa shape index (κ2) is 8.62. The molecule has 2 rings (SSSR count). The van der Waals surface area contributed by atoms with Crippen molar-refractivity contribution in [2.45, 2.75) is 44.6 Å². The van der Waals surface area contributed by atoms with E-state index in [9.17, 15) is 4.79 Å². The number of pyridine rings is 1. The molecule has 1 aromatic rings. The minimum absolute atomic E-state index is 0.359. The number of anilines is 1. The summed E-state index contributed by atoms with van der Waals surface area (Å²) in [6.07, 6.45) is 9.62. The minimum Gasteiger partial charge on any atom is -0.465 e. The number of hydrogen-bond donors (Lipinski definition) is 2. The Hall–Kier alpha value is -1.62. The summed E-state index contributed by atoms with van der Waals surface area (Å²) in [5, 5.41) is 6.80. The van der Waals surface area contributed by atoms with Crippen molar-refractivity contribution in [2.75, 3.05) is 25.5 Å². The second-order valence-electron chi connectivity index (χ2n) is 5.46. The normalized spacial score (nSPS) is 16.2. The highest BCUT2D eigenvalue weighted by atomic mass is 16.5. The maximum absolute atomic E-state index is 11.6. The summed E-state index contributed by atoms with van der Waals surface area (Å²) in [6.45, 7) is 1.62. The predicted molar refractivity (Wildman–Crippen MR) is 83.6 cm³/mol. The van der Waals surface area contributed by atoms with Crippen molar-refractivity contribution >= 4 is 11.8 Å². The van der Waals surface area contributed by atoms with Crippen molar-refractivity contribution < 1.29 is 9.53 Å². The molecule has 5 heteroatoms. The Bertz CT molecular complexity index is 443. The summed E-state index contributed by atoms with van der Waals surface area (Å²) in [7, 11) is 1.38. The van der Waals surface area contributed by atoms with Crippen LogP contribution < -0.4 is 10.6 Å². The average Bonchev–Trinajstić information content (AvgIpc) is 2.80. The molecule has 1 aromatic heterocycles. The molecule has 0 unspecified atom stereocenters. The van der Waals surface area contributed by atoms with Gasteiger partial charge in [0.15, 0.2) is 0 Å². The summed E-state index contributed by atoms with van der Waals surface area (Å²) in [6, 6.07) is 4.10.